The van der Waals surface area contributed by atoms with Crippen LogP contribution in [0, 0.1) is 11.8 Å². The van der Waals surface area contributed by atoms with E-state index in [9.17, 15) is 0 Å². The van der Waals surface area contributed by atoms with Gasteiger partial charge in [0.05, 0.1) is 0 Å². The fourth-order valence-electron chi connectivity index (χ4n) is 1.39. The molecule has 0 atom stereocenters. The number of hydrogen-bond donors (Lipinski definition) is 0. The van der Waals surface area contributed by atoms with Crippen molar-refractivity contribution >= 4 is 0 Å². The van der Waals surface area contributed by atoms with Gasteiger partial charge in [-0.15, -0.1) is 0 Å². The van der Waals surface area contributed by atoms with Gasteiger partial charge in [-0.05, 0) is 31.6 Å². The zero-order valence-corrected chi connectivity index (χ0v) is 9.27. The third kappa shape index (κ3) is 2.96. The molecule has 1 aliphatic rings. The third-order valence-corrected chi connectivity index (χ3v) is 2.30. The molecular formula is C15H13N. The molecule has 0 aromatic carbocycles. The van der Waals surface area contributed by atoms with Gasteiger partial charge < -0.3 is 0 Å². The van der Waals surface area contributed by atoms with Gasteiger partial charge in [0.15, 0.2) is 0 Å². The molecule has 0 aliphatic heterocycles. The Kier molecular flexibility index (Phi) is 3.35. The largest absolute Gasteiger partial charge is 0.263 e. The molecular weight excluding hydrogens is 194 g/mol. The van der Waals surface area contributed by atoms with Gasteiger partial charge in [0, 0.05) is 23.5 Å². The maximum absolute atomic E-state index is 4.03. The van der Waals surface area contributed by atoms with Crippen LogP contribution in [0.1, 0.15) is 18.9 Å². The maximum Gasteiger partial charge on any atom is 0.0432 e. The van der Waals surface area contributed by atoms with E-state index in [1.807, 2.05) is 12.1 Å². The first-order valence-electron chi connectivity index (χ1n) is 5.30. The van der Waals surface area contributed by atoms with E-state index in [0.29, 0.717) is 0 Å². The molecule has 1 aliphatic carbocycles. The van der Waals surface area contributed by atoms with Crippen LogP contribution in [0.2, 0.25) is 0 Å². The summed E-state index contributed by atoms with van der Waals surface area (Å²) in [7, 11) is 0. The molecule has 78 valence electrons. The fraction of sp³-hybridized carbons (Fsp3) is 0.133. The van der Waals surface area contributed by atoms with Crippen LogP contribution in [0.25, 0.3) is 0 Å². The molecule has 0 bridgehead atoms. The minimum atomic E-state index is 0.946. The SMILES string of the molecule is CC1=CC=C(C#Cc2cccnc2)C=CC1. The molecule has 1 aromatic heterocycles. The topological polar surface area (TPSA) is 12.9 Å². The molecule has 1 heterocycles. The minimum Gasteiger partial charge on any atom is -0.263 e. The molecule has 1 nitrogen and oxygen atoms in total. The van der Waals surface area contributed by atoms with Gasteiger partial charge >= 0.3 is 0 Å². The lowest BCUT2D eigenvalue weighted by Gasteiger charge is -1.87. The molecule has 0 fully saturated rings. The summed E-state index contributed by atoms with van der Waals surface area (Å²) in [4.78, 5) is 4.03. The number of aromatic nitrogens is 1. The lowest BCUT2D eigenvalue weighted by atomic mass is 10.2. The summed E-state index contributed by atoms with van der Waals surface area (Å²) < 4.78 is 0. The van der Waals surface area contributed by atoms with Gasteiger partial charge in [0.25, 0.3) is 0 Å². The van der Waals surface area contributed by atoms with Crippen LogP contribution < -0.4 is 0 Å². The van der Waals surface area contributed by atoms with Gasteiger partial charge in [-0.3, -0.25) is 4.98 Å². The number of nitrogens with zero attached hydrogens (tertiary/aromatic N) is 1. The number of hydrogen-bond acceptors (Lipinski definition) is 1. The Morgan fingerprint density at radius 2 is 2.19 bits per heavy atom. The van der Waals surface area contributed by atoms with Crippen LogP contribution in [0.15, 0.2) is 60.0 Å². The summed E-state index contributed by atoms with van der Waals surface area (Å²) in [6.07, 6.45) is 12.9. The summed E-state index contributed by atoms with van der Waals surface area (Å²) in [5.74, 6) is 6.23. The second kappa shape index (κ2) is 5.14. The van der Waals surface area contributed by atoms with E-state index in [4.69, 9.17) is 0 Å². The van der Waals surface area contributed by atoms with Crippen LogP contribution >= 0.6 is 0 Å². The lowest BCUT2D eigenvalue weighted by Crippen LogP contribution is -1.76. The summed E-state index contributed by atoms with van der Waals surface area (Å²) in [5.41, 5.74) is 3.34. The Morgan fingerprint density at radius 1 is 1.25 bits per heavy atom. The van der Waals surface area contributed by atoms with Crippen LogP contribution in [0.4, 0.5) is 0 Å². The Bertz CT molecular complexity index is 507. The fourth-order valence-corrected chi connectivity index (χ4v) is 1.39. The van der Waals surface area contributed by atoms with Gasteiger partial charge in [-0.2, -0.15) is 0 Å². The Labute approximate surface area is 96.2 Å². The predicted octanol–water partition coefficient (Wildman–Crippen LogP) is 3.27. The Morgan fingerprint density at radius 3 is 3.00 bits per heavy atom. The number of pyridine rings is 1. The summed E-state index contributed by atoms with van der Waals surface area (Å²) in [6.45, 7) is 2.12. The van der Waals surface area contributed by atoms with E-state index in [0.717, 1.165) is 17.6 Å². The zero-order valence-electron chi connectivity index (χ0n) is 9.27. The molecule has 0 saturated heterocycles. The van der Waals surface area contributed by atoms with Crippen molar-refractivity contribution in [2.45, 2.75) is 13.3 Å². The van der Waals surface area contributed by atoms with Crippen molar-refractivity contribution in [3.63, 3.8) is 0 Å². The minimum absolute atomic E-state index is 0.946. The summed E-state index contributed by atoms with van der Waals surface area (Å²) in [5, 5.41) is 0. The van der Waals surface area contributed by atoms with Crippen molar-refractivity contribution < 1.29 is 0 Å². The molecule has 1 aromatic rings. The predicted molar refractivity (Wildman–Crippen MR) is 66.7 cm³/mol. The smallest absolute Gasteiger partial charge is 0.0432 e. The van der Waals surface area contributed by atoms with E-state index in [-0.39, 0.29) is 0 Å². The average molecular weight is 207 g/mol. The summed E-state index contributed by atoms with van der Waals surface area (Å²) in [6, 6.07) is 3.85. The first-order chi connectivity index (χ1) is 7.84. The van der Waals surface area contributed by atoms with Crippen LogP contribution in [-0.2, 0) is 0 Å². The van der Waals surface area contributed by atoms with Crippen molar-refractivity contribution in [1.29, 1.82) is 0 Å². The van der Waals surface area contributed by atoms with Gasteiger partial charge in [0.1, 0.15) is 0 Å². The number of allylic oxidation sites excluding steroid dienone is 6. The molecule has 0 unspecified atom stereocenters. The highest BCUT2D eigenvalue weighted by Crippen LogP contribution is 2.09. The number of rotatable bonds is 0. The quantitative estimate of drug-likeness (QED) is 0.595. The van der Waals surface area contributed by atoms with Crippen molar-refractivity contribution in [2.24, 2.45) is 0 Å². The second-order valence-corrected chi connectivity index (χ2v) is 3.73. The molecule has 0 spiro atoms. The summed E-state index contributed by atoms with van der Waals surface area (Å²) >= 11 is 0. The van der Waals surface area contributed by atoms with Crippen molar-refractivity contribution in [2.75, 3.05) is 0 Å². The van der Waals surface area contributed by atoms with E-state index < -0.39 is 0 Å². The van der Waals surface area contributed by atoms with E-state index in [2.05, 4.69) is 48.1 Å². The first-order valence-corrected chi connectivity index (χ1v) is 5.30. The standard InChI is InChI=1S/C15H13N/c1-13-4-2-5-14(8-7-13)9-10-15-6-3-11-16-12-15/h2-3,5-8,11-12H,4H2,1H3. The molecule has 2 rings (SSSR count). The van der Waals surface area contributed by atoms with Crippen LogP contribution in [0.3, 0.4) is 0 Å². The average Bonchev–Trinajstić information content (AvgIpc) is 2.53. The molecule has 1 heteroatoms. The molecule has 0 saturated carbocycles. The van der Waals surface area contributed by atoms with E-state index >= 15 is 0 Å². The highest BCUT2D eigenvalue weighted by atomic mass is 14.6. The molecule has 16 heavy (non-hydrogen) atoms. The van der Waals surface area contributed by atoms with Gasteiger partial charge in [0.2, 0.25) is 0 Å². The third-order valence-electron chi connectivity index (χ3n) is 2.30. The van der Waals surface area contributed by atoms with Gasteiger partial charge in [-0.25, -0.2) is 0 Å². The molecule has 0 N–H and O–H groups in total. The lowest BCUT2D eigenvalue weighted by molar-refractivity contribution is 1.22. The highest BCUT2D eigenvalue weighted by Gasteiger charge is 1.92. The van der Waals surface area contributed by atoms with Crippen LogP contribution in [-0.4, -0.2) is 4.98 Å². The van der Waals surface area contributed by atoms with Crippen molar-refractivity contribution in [3.8, 4) is 11.8 Å². The Hall–Kier alpha value is -2.07. The maximum atomic E-state index is 4.03. The zero-order chi connectivity index (χ0) is 11.2. The van der Waals surface area contributed by atoms with E-state index in [1.165, 1.54) is 5.57 Å². The van der Waals surface area contributed by atoms with Gasteiger partial charge in [-0.1, -0.05) is 35.6 Å². The van der Waals surface area contributed by atoms with Crippen molar-refractivity contribution in [3.05, 3.63) is 65.5 Å². The molecule has 0 amide bonds. The normalized spacial score (nSPS) is 14.3. The van der Waals surface area contributed by atoms with Crippen molar-refractivity contribution in [1.82, 2.24) is 4.98 Å². The van der Waals surface area contributed by atoms with E-state index in [1.54, 1.807) is 12.4 Å². The second-order valence-electron chi connectivity index (χ2n) is 3.73. The monoisotopic (exact) mass is 207 g/mol. The van der Waals surface area contributed by atoms with Crippen LogP contribution in [0.5, 0.6) is 0 Å². The first kappa shape index (κ1) is 10.4. The molecule has 0 radical (unpaired) electrons. The highest BCUT2D eigenvalue weighted by molar-refractivity contribution is 5.47. The Balaban J connectivity index is 2.20.